The molecule has 0 aromatic heterocycles. The first kappa shape index (κ1) is 9.21. The highest BCUT2D eigenvalue weighted by Crippen LogP contribution is 1.99. The van der Waals surface area contributed by atoms with Gasteiger partial charge in [-0.15, -0.1) is 7.05 Å². The second kappa shape index (κ2) is 5.03. The highest BCUT2D eigenvalue weighted by atomic mass is 14.8. The summed E-state index contributed by atoms with van der Waals surface area (Å²) in [5, 5.41) is 3.99. The van der Waals surface area contributed by atoms with Crippen molar-refractivity contribution >= 4 is 5.71 Å². The third-order valence-corrected chi connectivity index (χ3v) is 1.18. The molecule has 0 aromatic rings. The molecule has 0 radical (unpaired) electrons. The molecule has 58 valence electrons. The lowest BCUT2D eigenvalue weighted by Crippen LogP contribution is -1.87. The van der Waals surface area contributed by atoms with Crippen LogP contribution in [0.25, 0.3) is 5.32 Å². The van der Waals surface area contributed by atoms with E-state index in [4.69, 9.17) is 0 Å². The molecule has 0 atom stereocenters. The van der Waals surface area contributed by atoms with Gasteiger partial charge in [0.25, 0.3) is 0 Å². The van der Waals surface area contributed by atoms with Crippen LogP contribution in [0.1, 0.15) is 20.8 Å². The average molecular weight is 139 g/mol. The lowest BCUT2D eigenvalue weighted by molar-refractivity contribution is 1.13. The van der Waals surface area contributed by atoms with Crippen LogP contribution in [0.5, 0.6) is 0 Å². The number of hydrogen-bond donors (Lipinski definition) is 0. The van der Waals surface area contributed by atoms with Gasteiger partial charge in [0.2, 0.25) is 0 Å². The molecule has 0 N–H and O–H groups in total. The average Bonchev–Trinajstić information content (AvgIpc) is 1.88. The molecule has 0 saturated heterocycles. The molecule has 0 fully saturated rings. The van der Waals surface area contributed by atoms with Crippen molar-refractivity contribution < 1.29 is 0 Å². The van der Waals surface area contributed by atoms with E-state index in [1.54, 1.807) is 7.05 Å². The molecule has 0 spiro atoms. The maximum absolute atomic E-state index is 4.19. The zero-order chi connectivity index (χ0) is 7.98. The molecule has 0 rings (SSSR count). The highest BCUT2D eigenvalue weighted by Gasteiger charge is 1.78. The van der Waals surface area contributed by atoms with E-state index in [0.717, 1.165) is 18.0 Å². The summed E-state index contributed by atoms with van der Waals surface area (Å²) < 4.78 is 0. The molecule has 2 nitrogen and oxygen atoms in total. The Balaban J connectivity index is 3.98. The van der Waals surface area contributed by atoms with E-state index in [2.05, 4.69) is 10.3 Å². The first-order valence-corrected chi connectivity index (χ1v) is 3.50. The second-order valence-electron chi connectivity index (χ2n) is 2.13. The number of nitrogens with zero attached hydrogens (tertiary/aromatic N) is 2. The Bertz CT molecular complexity index is 145. The van der Waals surface area contributed by atoms with Gasteiger partial charge in [-0.05, 0) is 13.8 Å². The molecular formula is C8H15N2-. The van der Waals surface area contributed by atoms with E-state index in [0.29, 0.717) is 0 Å². The molecule has 0 saturated carbocycles. The number of rotatable bonds is 3. The summed E-state index contributed by atoms with van der Waals surface area (Å²) in [4.78, 5) is 4.19. The largest absolute Gasteiger partial charge is 0.691 e. The van der Waals surface area contributed by atoms with Crippen molar-refractivity contribution in [2.24, 2.45) is 4.99 Å². The molecule has 2 heteroatoms. The van der Waals surface area contributed by atoms with E-state index < -0.39 is 0 Å². The Hall–Kier alpha value is -0.790. The fourth-order valence-corrected chi connectivity index (χ4v) is 0.662. The van der Waals surface area contributed by atoms with Gasteiger partial charge in [0.05, 0.1) is 0 Å². The van der Waals surface area contributed by atoms with E-state index in [1.807, 2.05) is 26.8 Å². The Kier molecular flexibility index (Phi) is 4.63. The van der Waals surface area contributed by atoms with Crippen LogP contribution in [0.2, 0.25) is 0 Å². The minimum absolute atomic E-state index is 0.847. The van der Waals surface area contributed by atoms with Gasteiger partial charge in [0.1, 0.15) is 0 Å². The van der Waals surface area contributed by atoms with Gasteiger partial charge < -0.3 is 5.32 Å². The SMILES string of the molecule is CCN=C(C)/C=C(\C)[N-]C. The molecular weight excluding hydrogens is 124 g/mol. The van der Waals surface area contributed by atoms with Gasteiger partial charge in [0, 0.05) is 12.3 Å². The lowest BCUT2D eigenvalue weighted by Gasteiger charge is -2.12. The van der Waals surface area contributed by atoms with Gasteiger partial charge in [0.15, 0.2) is 0 Å². The molecule has 0 unspecified atom stereocenters. The molecule has 10 heavy (non-hydrogen) atoms. The van der Waals surface area contributed by atoms with Crippen molar-refractivity contribution in [1.29, 1.82) is 0 Å². The summed E-state index contributed by atoms with van der Waals surface area (Å²) >= 11 is 0. The maximum atomic E-state index is 4.19. The summed E-state index contributed by atoms with van der Waals surface area (Å²) in [5.41, 5.74) is 2.07. The molecule has 0 bridgehead atoms. The predicted molar refractivity (Wildman–Crippen MR) is 46.7 cm³/mol. The van der Waals surface area contributed by atoms with Crippen molar-refractivity contribution in [2.75, 3.05) is 13.6 Å². The van der Waals surface area contributed by atoms with Gasteiger partial charge in [-0.3, -0.25) is 4.99 Å². The fourth-order valence-electron chi connectivity index (χ4n) is 0.662. The summed E-state index contributed by atoms with van der Waals surface area (Å²) in [5.74, 6) is 0. The third-order valence-electron chi connectivity index (χ3n) is 1.18. The molecule has 0 aliphatic heterocycles. The number of allylic oxidation sites excluding steroid dienone is 2. The van der Waals surface area contributed by atoms with Crippen molar-refractivity contribution in [3.63, 3.8) is 0 Å². The molecule has 0 aromatic carbocycles. The molecule has 0 amide bonds. The highest BCUT2D eigenvalue weighted by molar-refractivity contribution is 5.93. The number of hydrogen-bond acceptors (Lipinski definition) is 1. The van der Waals surface area contributed by atoms with E-state index in [9.17, 15) is 0 Å². The minimum Gasteiger partial charge on any atom is -0.691 e. The second-order valence-corrected chi connectivity index (χ2v) is 2.13. The first-order chi connectivity index (χ1) is 4.70. The van der Waals surface area contributed by atoms with Crippen molar-refractivity contribution in [2.45, 2.75) is 20.8 Å². The molecule has 0 aliphatic rings. The van der Waals surface area contributed by atoms with Crippen LogP contribution >= 0.6 is 0 Å². The van der Waals surface area contributed by atoms with Crippen LogP contribution < -0.4 is 0 Å². The Labute approximate surface area is 63.0 Å². The van der Waals surface area contributed by atoms with Crippen molar-refractivity contribution in [3.05, 3.63) is 17.1 Å². The molecule has 0 aliphatic carbocycles. The smallest absolute Gasteiger partial charge is 0.0364 e. The maximum Gasteiger partial charge on any atom is 0.0364 e. The predicted octanol–water partition coefficient (Wildman–Crippen LogP) is 2.37. The monoisotopic (exact) mass is 139 g/mol. The van der Waals surface area contributed by atoms with Crippen LogP contribution in [-0.2, 0) is 0 Å². The summed E-state index contributed by atoms with van der Waals surface area (Å²) in [6.45, 7) is 6.82. The summed E-state index contributed by atoms with van der Waals surface area (Å²) in [6, 6.07) is 0. The van der Waals surface area contributed by atoms with Crippen LogP contribution in [0.4, 0.5) is 0 Å². The van der Waals surface area contributed by atoms with Crippen molar-refractivity contribution in [3.8, 4) is 0 Å². The van der Waals surface area contributed by atoms with Gasteiger partial charge in [-0.2, -0.15) is 5.70 Å². The van der Waals surface area contributed by atoms with Gasteiger partial charge >= 0.3 is 0 Å². The first-order valence-electron chi connectivity index (χ1n) is 3.50. The normalized spacial score (nSPS) is 13.6. The van der Waals surface area contributed by atoms with E-state index in [-0.39, 0.29) is 0 Å². The Morgan fingerprint density at radius 2 is 2.10 bits per heavy atom. The van der Waals surface area contributed by atoms with E-state index >= 15 is 0 Å². The van der Waals surface area contributed by atoms with Gasteiger partial charge in [-0.1, -0.05) is 13.0 Å². The minimum atomic E-state index is 0.847. The standard InChI is InChI=1S/C8H15N2/c1-5-10-8(3)6-7(2)9-4/h6H,5H2,1-4H3/q-1/b7-6+,10-8?. The lowest BCUT2D eigenvalue weighted by atomic mass is 10.3. The van der Waals surface area contributed by atoms with Crippen molar-refractivity contribution in [1.82, 2.24) is 0 Å². The van der Waals surface area contributed by atoms with Crippen LogP contribution in [0.3, 0.4) is 0 Å². The third kappa shape index (κ3) is 4.13. The Morgan fingerprint density at radius 1 is 1.50 bits per heavy atom. The van der Waals surface area contributed by atoms with Crippen LogP contribution in [0.15, 0.2) is 16.8 Å². The van der Waals surface area contributed by atoms with Crippen LogP contribution in [0, 0.1) is 0 Å². The number of aliphatic imine (C=N–C) groups is 1. The quantitative estimate of drug-likeness (QED) is 0.537. The Morgan fingerprint density at radius 3 is 2.50 bits per heavy atom. The molecule has 0 heterocycles. The zero-order valence-electron chi connectivity index (χ0n) is 7.18. The summed E-state index contributed by atoms with van der Waals surface area (Å²) in [6.07, 6.45) is 1.98. The topological polar surface area (TPSA) is 26.5 Å². The van der Waals surface area contributed by atoms with Crippen LogP contribution in [-0.4, -0.2) is 19.3 Å². The summed E-state index contributed by atoms with van der Waals surface area (Å²) in [7, 11) is 1.78. The van der Waals surface area contributed by atoms with E-state index in [1.165, 1.54) is 0 Å². The zero-order valence-corrected chi connectivity index (χ0v) is 7.18. The fraction of sp³-hybridized carbons (Fsp3) is 0.625. The van der Waals surface area contributed by atoms with Gasteiger partial charge in [-0.25, -0.2) is 0 Å².